The minimum Gasteiger partial charge on any atom is -0.381 e. The summed E-state index contributed by atoms with van der Waals surface area (Å²) in [7, 11) is 1.81. The van der Waals surface area contributed by atoms with Crippen LogP contribution in [0.2, 0.25) is 0 Å². The maximum absolute atomic E-state index is 5.73. The topological polar surface area (TPSA) is 85.6 Å². The Morgan fingerprint density at radius 3 is 2.93 bits per heavy atom. The van der Waals surface area contributed by atoms with Crippen molar-refractivity contribution in [3.8, 4) is 0 Å². The molecule has 1 atom stereocenters. The van der Waals surface area contributed by atoms with E-state index in [1.54, 1.807) is 0 Å². The third-order valence-corrected chi connectivity index (χ3v) is 5.41. The number of ether oxygens (including phenoxy) is 2. The number of nitrogens with zero attached hydrogens (tertiary/aromatic N) is 4. The van der Waals surface area contributed by atoms with Gasteiger partial charge in [-0.3, -0.25) is 4.99 Å². The first-order valence-corrected chi connectivity index (χ1v) is 10.9. The molecular formula is C20H36N6O2. The second kappa shape index (κ2) is 12.0. The largest absolute Gasteiger partial charge is 0.381 e. The molecule has 0 radical (unpaired) electrons. The lowest BCUT2D eigenvalue weighted by molar-refractivity contribution is 0.0888. The van der Waals surface area contributed by atoms with Gasteiger partial charge in [0.25, 0.3) is 0 Å². The van der Waals surface area contributed by atoms with Crippen molar-refractivity contribution in [1.29, 1.82) is 0 Å². The summed E-state index contributed by atoms with van der Waals surface area (Å²) in [4.78, 5) is 4.29. The van der Waals surface area contributed by atoms with Crippen molar-refractivity contribution in [2.75, 3.05) is 46.6 Å². The molecule has 2 aliphatic rings. The van der Waals surface area contributed by atoms with Crippen LogP contribution in [0, 0.1) is 5.92 Å². The van der Waals surface area contributed by atoms with Crippen LogP contribution in [0.1, 0.15) is 50.2 Å². The fourth-order valence-electron chi connectivity index (χ4n) is 3.75. The van der Waals surface area contributed by atoms with Gasteiger partial charge in [0.2, 0.25) is 0 Å². The van der Waals surface area contributed by atoms with E-state index in [1.165, 1.54) is 25.1 Å². The summed E-state index contributed by atoms with van der Waals surface area (Å²) in [6.07, 6.45) is 8.92. The molecule has 1 fully saturated rings. The predicted octanol–water partition coefficient (Wildman–Crippen LogP) is 1.55. The highest BCUT2D eigenvalue weighted by Gasteiger charge is 2.15. The predicted molar refractivity (Wildman–Crippen MR) is 110 cm³/mol. The molecule has 8 nitrogen and oxygen atoms in total. The zero-order valence-electron chi connectivity index (χ0n) is 17.3. The molecule has 0 spiro atoms. The Morgan fingerprint density at radius 1 is 1.21 bits per heavy atom. The number of fused-ring (bicyclic) bond motifs is 1. The van der Waals surface area contributed by atoms with Gasteiger partial charge in [-0.1, -0.05) is 6.42 Å². The normalized spacial score (nSPS) is 20.0. The first-order chi connectivity index (χ1) is 13.9. The molecular weight excluding hydrogens is 356 g/mol. The van der Waals surface area contributed by atoms with E-state index in [1.807, 2.05) is 7.05 Å². The highest BCUT2D eigenvalue weighted by molar-refractivity contribution is 5.79. The first kappa shape index (κ1) is 21.0. The summed E-state index contributed by atoms with van der Waals surface area (Å²) in [6.45, 7) is 6.14. The van der Waals surface area contributed by atoms with E-state index in [0.717, 1.165) is 89.9 Å². The van der Waals surface area contributed by atoms with E-state index in [9.17, 15) is 0 Å². The fourth-order valence-corrected chi connectivity index (χ4v) is 3.75. The zero-order valence-corrected chi connectivity index (χ0v) is 17.3. The Labute approximate surface area is 168 Å². The minimum atomic E-state index is 0.586. The molecule has 0 saturated carbocycles. The molecule has 1 aromatic heterocycles. The quantitative estimate of drug-likeness (QED) is 0.357. The summed E-state index contributed by atoms with van der Waals surface area (Å²) in [5, 5.41) is 15.5. The Hall–Kier alpha value is -1.67. The van der Waals surface area contributed by atoms with Gasteiger partial charge in [0.05, 0.1) is 13.2 Å². The highest BCUT2D eigenvalue weighted by atomic mass is 16.5. The van der Waals surface area contributed by atoms with Crippen LogP contribution in [0.5, 0.6) is 0 Å². The van der Waals surface area contributed by atoms with Crippen LogP contribution < -0.4 is 10.6 Å². The monoisotopic (exact) mass is 392 g/mol. The maximum atomic E-state index is 5.73. The summed E-state index contributed by atoms with van der Waals surface area (Å²) < 4.78 is 13.4. The second-order valence-electron chi connectivity index (χ2n) is 7.68. The van der Waals surface area contributed by atoms with Crippen LogP contribution in [-0.2, 0) is 28.9 Å². The maximum Gasteiger partial charge on any atom is 0.190 e. The van der Waals surface area contributed by atoms with Crippen molar-refractivity contribution in [3.63, 3.8) is 0 Å². The molecule has 8 heteroatoms. The third-order valence-electron chi connectivity index (χ3n) is 5.41. The van der Waals surface area contributed by atoms with Crippen molar-refractivity contribution in [1.82, 2.24) is 25.4 Å². The van der Waals surface area contributed by atoms with Crippen molar-refractivity contribution in [2.45, 2.75) is 57.9 Å². The standard InChI is InChI=1S/C20H36N6O2/c1-21-20(23-11-6-13-27-15-17-9-14-28-16-17)22-10-5-8-19-25-24-18-7-3-2-4-12-26(18)19/h17H,2-16H2,1H3,(H2,21,22,23). The van der Waals surface area contributed by atoms with Gasteiger partial charge < -0.3 is 24.7 Å². The molecule has 0 aliphatic carbocycles. The number of hydrogen-bond donors (Lipinski definition) is 2. The van der Waals surface area contributed by atoms with E-state index >= 15 is 0 Å². The Bertz CT molecular complexity index is 598. The van der Waals surface area contributed by atoms with Crippen LogP contribution in [0.15, 0.2) is 4.99 Å². The summed E-state index contributed by atoms with van der Waals surface area (Å²) >= 11 is 0. The second-order valence-corrected chi connectivity index (χ2v) is 7.68. The van der Waals surface area contributed by atoms with Gasteiger partial charge in [0.1, 0.15) is 11.6 Å². The lowest BCUT2D eigenvalue weighted by Crippen LogP contribution is -2.38. The summed E-state index contributed by atoms with van der Waals surface area (Å²) in [6, 6.07) is 0. The van der Waals surface area contributed by atoms with Gasteiger partial charge in [-0.15, -0.1) is 10.2 Å². The van der Waals surface area contributed by atoms with Gasteiger partial charge in [-0.25, -0.2) is 0 Å². The van der Waals surface area contributed by atoms with E-state index < -0.39 is 0 Å². The average molecular weight is 393 g/mol. The number of aliphatic imine (C=N–C) groups is 1. The Kier molecular flexibility index (Phi) is 9.03. The van der Waals surface area contributed by atoms with Crippen molar-refractivity contribution in [3.05, 3.63) is 11.6 Å². The molecule has 2 aliphatic heterocycles. The zero-order chi connectivity index (χ0) is 19.4. The van der Waals surface area contributed by atoms with Crippen molar-refractivity contribution in [2.24, 2.45) is 10.9 Å². The van der Waals surface area contributed by atoms with Crippen LogP contribution in [0.4, 0.5) is 0 Å². The van der Waals surface area contributed by atoms with Gasteiger partial charge in [0, 0.05) is 58.7 Å². The molecule has 2 N–H and O–H groups in total. The first-order valence-electron chi connectivity index (χ1n) is 10.9. The van der Waals surface area contributed by atoms with Gasteiger partial charge in [0.15, 0.2) is 5.96 Å². The lowest BCUT2D eigenvalue weighted by atomic mass is 10.1. The van der Waals surface area contributed by atoms with E-state index in [-0.39, 0.29) is 0 Å². The van der Waals surface area contributed by atoms with Crippen LogP contribution >= 0.6 is 0 Å². The molecule has 3 heterocycles. The van der Waals surface area contributed by atoms with E-state index in [2.05, 4.69) is 30.4 Å². The number of aryl methyl sites for hydroxylation is 2. The highest BCUT2D eigenvalue weighted by Crippen LogP contribution is 2.15. The van der Waals surface area contributed by atoms with Crippen molar-refractivity contribution >= 4 is 5.96 Å². The minimum absolute atomic E-state index is 0.586. The fraction of sp³-hybridized carbons (Fsp3) is 0.850. The SMILES string of the molecule is CN=C(NCCCOCC1CCOC1)NCCCc1nnc2n1CCCCC2. The number of guanidine groups is 1. The molecule has 3 rings (SSSR count). The average Bonchev–Trinajstić information content (AvgIpc) is 3.30. The molecule has 28 heavy (non-hydrogen) atoms. The smallest absolute Gasteiger partial charge is 0.190 e. The molecule has 1 unspecified atom stereocenters. The van der Waals surface area contributed by atoms with E-state index in [4.69, 9.17) is 9.47 Å². The van der Waals surface area contributed by atoms with Gasteiger partial charge in [-0.2, -0.15) is 0 Å². The number of nitrogens with one attached hydrogen (secondary N) is 2. The van der Waals surface area contributed by atoms with Crippen LogP contribution in [-0.4, -0.2) is 67.3 Å². The Balaban J connectivity index is 1.24. The molecule has 1 saturated heterocycles. The molecule has 158 valence electrons. The Morgan fingerprint density at radius 2 is 2.11 bits per heavy atom. The number of aromatic nitrogens is 3. The van der Waals surface area contributed by atoms with Crippen molar-refractivity contribution < 1.29 is 9.47 Å². The third kappa shape index (κ3) is 6.74. The van der Waals surface area contributed by atoms with Gasteiger partial charge >= 0.3 is 0 Å². The lowest BCUT2D eigenvalue weighted by Gasteiger charge is -2.13. The number of hydrogen-bond acceptors (Lipinski definition) is 5. The molecule has 0 aromatic carbocycles. The molecule has 1 aromatic rings. The molecule has 0 amide bonds. The molecule has 0 bridgehead atoms. The van der Waals surface area contributed by atoms with E-state index in [0.29, 0.717) is 5.92 Å². The van der Waals surface area contributed by atoms with Gasteiger partial charge in [-0.05, 0) is 32.1 Å². The van der Waals surface area contributed by atoms with Crippen LogP contribution in [0.25, 0.3) is 0 Å². The summed E-state index contributed by atoms with van der Waals surface area (Å²) in [5.74, 6) is 3.74. The summed E-state index contributed by atoms with van der Waals surface area (Å²) in [5.41, 5.74) is 0. The number of rotatable bonds is 10. The van der Waals surface area contributed by atoms with Crippen LogP contribution in [0.3, 0.4) is 0 Å².